The van der Waals surface area contributed by atoms with Crippen molar-refractivity contribution in [3.8, 4) is 22.6 Å². The average Bonchev–Trinajstić information content (AvgIpc) is 3.53. The van der Waals surface area contributed by atoms with Crippen molar-refractivity contribution in [2.24, 2.45) is 7.05 Å². The van der Waals surface area contributed by atoms with Gasteiger partial charge in [0.25, 0.3) is 0 Å². The summed E-state index contributed by atoms with van der Waals surface area (Å²) in [5.41, 5.74) is 4.72. The van der Waals surface area contributed by atoms with Gasteiger partial charge in [0, 0.05) is 49.7 Å². The van der Waals surface area contributed by atoms with Gasteiger partial charge in [0.15, 0.2) is 6.23 Å². The normalized spacial score (nSPS) is 21.3. The lowest BCUT2D eigenvalue weighted by molar-refractivity contribution is -0.0383. The van der Waals surface area contributed by atoms with Crippen LogP contribution in [0.25, 0.3) is 33.5 Å². The van der Waals surface area contributed by atoms with E-state index in [2.05, 4.69) is 28.1 Å². The Morgan fingerprint density at radius 1 is 1.00 bits per heavy atom. The summed E-state index contributed by atoms with van der Waals surface area (Å²) < 4.78 is 15.6. The van der Waals surface area contributed by atoms with Crippen LogP contribution in [0.5, 0.6) is 0 Å². The molecule has 0 saturated carbocycles. The van der Waals surface area contributed by atoms with Crippen LogP contribution < -0.4 is 4.90 Å². The SMILES string of the molecule is C[C@@H]1COCCN1c1cc(-c2ccnn2C)c2ccnc(-c3ccnn3C3CCCCO3)c2n1. The highest BCUT2D eigenvalue weighted by Gasteiger charge is 2.25. The Hall–Kier alpha value is -3.30. The van der Waals surface area contributed by atoms with Gasteiger partial charge in [-0.2, -0.15) is 10.2 Å². The second-order valence-corrected chi connectivity index (χ2v) is 9.02. The van der Waals surface area contributed by atoms with Crippen LogP contribution in [0, 0.1) is 0 Å². The van der Waals surface area contributed by atoms with Crippen LogP contribution >= 0.6 is 0 Å². The van der Waals surface area contributed by atoms with Gasteiger partial charge in [-0.25, -0.2) is 9.67 Å². The third kappa shape index (κ3) is 3.65. The smallest absolute Gasteiger partial charge is 0.150 e. The van der Waals surface area contributed by atoms with Crippen molar-refractivity contribution in [1.29, 1.82) is 0 Å². The first-order valence-corrected chi connectivity index (χ1v) is 12.0. The number of aromatic nitrogens is 6. The summed E-state index contributed by atoms with van der Waals surface area (Å²) in [4.78, 5) is 12.3. The highest BCUT2D eigenvalue weighted by molar-refractivity contribution is 6.01. The Kier molecular flexibility index (Phi) is 5.50. The van der Waals surface area contributed by atoms with E-state index in [1.54, 1.807) is 0 Å². The van der Waals surface area contributed by atoms with Gasteiger partial charge in [-0.3, -0.25) is 9.67 Å². The van der Waals surface area contributed by atoms with Crippen LogP contribution in [0.1, 0.15) is 32.4 Å². The molecule has 6 rings (SSSR count). The number of hydrogen-bond donors (Lipinski definition) is 0. The average molecular weight is 460 g/mol. The van der Waals surface area contributed by atoms with E-state index in [9.17, 15) is 0 Å². The third-order valence-corrected chi connectivity index (χ3v) is 6.81. The molecule has 0 spiro atoms. The molecule has 9 nitrogen and oxygen atoms in total. The maximum Gasteiger partial charge on any atom is 0.150 e. The number of rotatable bonds is 4. The summed E-state index contributed by atoms with van der Waals surface area (Å²) in [5, 5.41) is 10.1. The zero-order valence-corrected chi connectivity index (χ0v) is 19.6. The Morgan fingerprint density at radius 3 is 2.68 bits per heavy atom. The van der Waals surface area contributed by atoms with Gasteiger partial charge in [0.1, 0.15) is 17.0 Å². The van der Waals surface area contributed by atoms with E-state index in [1.165, 1.54) is 0 Å². The fourth-order valence-corrected chi connectivity index (χ4v) is 5.04. The first-order valence-electron chi connectivity index (χ1n) is 12.0. The minimum Gasteiger partial charge on any atom is -0.377 e. The highest BCUT2D eigenvalue weighted by atomic mass is 16.5. The Labute approximate surface area is 198 Å². The first-order chi connectivity index (χ1) is 16.7. The maximum atomic E-state index is 6.05. The Morgan fingerprint density at radius 2 is 1.88 bits per heavy atom. The minimum atomic E-state index is -0.0743. The van der Waals surface area contributed by atoms with Crippen molar-refractivity contribution in [3.05, 3.63) is 42.9 Å². The van der Waals surface area contributed by atoms with Gasteiger partial charge in [-0.05, 0) is 50.5 Å². The van der Waals surface area contributed by atoms with Crippen LogP contribution in [0.2, 0.25) is 0 Å². The van der Waals surface area contributed by atoms with E-state index in [-0.39, 0.29) is 12.3 Å². The number of ether oxygens (including phenoxy) is 2. The maximum absolute atomic E-state index is 6.05. The molecule has 0 radical (unpaired) electrons. The number of nitrogens with zero attached hydrogens (tertiary/aromatic N) is 7. The largest absolute Gasteiger partial charge is 0.377 e. The van der Waals surface area contributed by atoms with Crippen LogP contribution in [0.15, 0.2) is 42.9 Å². The number of aryl methyl sites for hydroxylation is 1. The molecule has 2 aliphatic heterocycles. The molecular weight excluding hydrogens is 430 g/mol. The van der Waals surface area contributed by atoms with Crippen molar-refractivity contribution in [1.82, 2.24) is 29.5 Å². The predicted octanol–water partition coefficient (Wildman–Crippen LogP) is 3.82. The molecule has 176 valence electrons. The van der Waals surface area contributed by atoms with Gasteiger partial charge in [0.05, 0.1) is 30.6 Å². The molecule has 4 aromatic heterocycles. The molecule has 0 amide bonds. The summed E-state index contributed by atoms with van der Waals surface area (Å²) in [5.74, 6) is 0.925. The lowest BCUT2D eigenvalue weighted by atomic mass is 10.0. The summed E-state index contributed by atoms with van der Waals surface area (Å²) in [6.07, 6.45) is 8.61. The van der Waals surface area contributed by atoms with Crippen molar-refractivity contribution in [3.63, 3.8) is 0 Å². The summed E-state index contributed by atoms with van der Waals surface area (Å²) >= 11 is 0. The van der Waals surface area contributed by atoms with Crippen LogP contribution in [0.4, 0.5) is 5.82 Å². The van der Waals surface area contributed by atoms with E-state index >= 15 is 0 Å². The van der Waals surface area contributed by atoms with Crippen molar-refractivity contribution < 1.29 is 9.47 Å². The molecule has 9 heteroatoms. The van der Waals surface area contributed by atoms with E-state index in [4.69, 9.17) is 19.4 Å². The topological polar surface area (TPSA) is 83.1 Å². The lowest BCUT2D eigenvalue weighted by Gasteiger charge is -2.34. The molecule has 2 saturated heterocycles. The fourth-order valence-electron chi connectivity index (χ4n) is 5.04. The molecule has 4 aromatic rings. The van der Waals surface area contributed by atoms with Gasteiger partial charge >= 0.3 is 0 Å². The summed E-state index contributed by atoms with van der Waals surface area (Å²) in [7, 11) is 1.97. The summed E-state index contributed by atoms with van der Waals surface area (Å²) in [6.45, 7) is 5.11. The Bertz CT molecular complexity index is 1310. The van der Waals surface area contributed by atoms with Gasteiger partial charge in [0.2, 0.25) is 0 Å². The monoisotopic (exact) mass is 459 g/mol. The molecular formula is C25H29N7O2. The quantitative estimate of drug-likeness (QED) is 0.459. The first kappa shape index (κ1) is 21.2. The van der Waals surface area contributed by atoms with E-state index in [1.807, 2.05) is 53.2 Å². The van der Waals surface area contributed by atoms with Crippen LogP contribution in [-0.4, -0.2) is 61.9 Å². The summed E-state index contributed by atoms with van der Waals surface area (Å²) in [6, 6.07) is 8.50. The van der Waals surface area contributed by atoms with E-state index in [0.29, 0.717) is 13.2 Å². The highest BCUT2D eigenvalue weighted by Crippen LogP contribution is 2.37. The molecule has 0 N–H and O–H groups in total. The number of anilines is 1. The molecule has 1 unspecified atom stereocenters. The van der Waals surface area contributed by atoms with E-state index < -0.39 is 0 Å². The van der Waals surface area contributed by atoms with Gasteiger partial charge < -0.3 is 14.4 Å². The molecule has 2 aliphatic rings. The molecule has 0 aromatic carbocycles. The fraction of sp³-hybridized carbons (Fsp3) is 0.440. The predicted molar refractivity (Wildman–Crippen MR) is 129 cm³/mol. The number of fused-ring (bicyclic) bond motifs is 1. The zero-order valence-electron chi connectivity index (χ0n) is 19.6. The molecule has 2 fully saturated rings. The van der Waals surface area contributed by atoms with Crippen molar-refractivity contribution in [2.75, 3.05) is 31.3 Å². The molecule has 0 bridgehead atoms. The third-order valence-electron chi connectivity index (χ3n) is 6.81. The standard InChI is InChI=1S/C25H29N7O2/c1-17-16-33-14-12-31(17)22-15-19(20-7-10-27-30(20)2)18-6-9-26-25(24(18)29-22)21-8-11-28-32(21)23-5-3-4-13-34-23/h6-11,15,17,23H,3-5,12-14,16H2,1-2H3/t17-,23?/m1/s1. The molecule has 6 heterocycles. The number of pyridine rings is 2. The zero-order chi connectivity index (χ0) is 23.1. The Balaban J connectivity index is 1.57. The van der Waals surface area contributed by atoms with Crippen LogP contribution in [-0.2, 0) is 16.5 Å². The minimum absolute atomic E-state index is 0.0743. The molecule has 2 atom stereocenters. The number of hydrogen-bond acceptors (Lipinski definition) is 7. The number of morpholine rings is 1. The molecule has 0 aliphatic carbocycles. The second kappa shape index (κ2) is 8.81. The van der Waals surface area contributed by atoms with Crippen molar-refractivity contribution >= 4 is 16.7 Å². The van der Waals surface area contributed by atoms with Gasteiger partial charge in [-0.15, -0.1) is 0 Å². The second-order valence-electron chi connectivity index (χ2n) is 9.02. The lowest BCUT2D eigenvalue weighted by Crippen LogP contribution is -2.44. The molecule has 34 heavy (non-hydrogen) atoms. The van der Waals surface area contributed by atoms with Crippen LogP contribution in [0.3, 0.4) is 0 Å². The van der Waals surface area contributed by atoms with Crippen molar-refractivity contribution in [2.45, 2.75) is 38.5 Å². The van der Waals surface area contributed by atoms with Gasteiger partial charge in [-0.1, -0.05) is 0 Å². The van der Waals surface area contributed by atoms with E-state index in [0.717, 1.165) is 71.8 Å².